The molecule has 2 aromatic carbocycles. The number of phenols is 2. The maximum Gasteiger partial charge on any atom is 0.272 e. The van der Waals surface area contributed by atoms with Crippen molar-refractivity contribution >= 4 is 23.4 Å². The first kappa shape index (κ1) is 28.9. The standard InChI is InChI=1S/C28H35F2N3O5/c1-7-17(26(38)33-14-28(29,30)27(5,6)23(33)25(37)31-8-2)18-10-9-11-20(22(18)35)32-24(36)19-12-15(3)13-21(34)16(19)4/h9-13,17,23,34-35H,7-8,14H2,1-6H3,(H,31,37)(H,32,36). The summed E-state index contributed by atoms with van der Waals surface area (Å²) in [5.74, 6) is -6.74. The van der Waals surface area contributed by atoms with Crippen LogP contribution in [0, 0.1) is 19.3 Å². The SMILES string of the molecule is CCNC(=O)C1N(C(=O)C(CC)c2cccc(NC(=O)c3cc(C)cc(O)c3C)c2O)CC(F)(F)C1(C)C. The minimum Gasteiger partial charge on any atom is -0.508 e. The average molecular weight is 532 g/mol. The van der Waals surface area contributed by atoms with Crippen molar-refractivity contribution in [3.63, 3.8) is 0 Å². The van der Waals surface area contributed by atoms with Gasteiger partial charge >= 0.3 is 0 Å². The highest BCUT2D eigenvalue weighted by Gasteiger charge is 2.64. The third-order valence-corrected chi connectivity index (χ3v) is 7.36. The number of likely N-dealkylation sites (tertiary alicyclic amines) is 1. The van der Waals surface area contributed by atoms with Crippen molar-refractivity contribution < 1.29 is 33.4 Å². The molecule has 2 aromatic rings. The Balaban J connectivity index is 1.97. The number of nitrogens with one attached hydrogen (secondary N) is 2. The van der Waals surface area contributed by atoms with E-state index in [9.17, 15) is 24.6 Å². The van der Waals surface area contributed by atoms with Gasteiger partial charge in [0.1, 0.15) is 17.5 Å². The Morgan fingerprint density at radius 3 is 2.39 bits per heavy atom. The predicted octanol–water partition coefficient (Wildman–Crippen LogP) is 4.47. The van der Waals surface area contributed by atoms with Gasteiger partial charge in [-0.15, -0.1) is 0 Å². The number of carbonyl (C=O) groups is 3. The van der Waals surface area contributed by atoms with E-state index in [2.05, 4.69) is 10.6 Å². The molecule has 10 heteroatoms. The molecule has 0 radical (unpaired) electrons. The van der Waals surface area contributed by atoms with Crippen molar-refractivity contribution in [2.45, 2.75) is 65.8 Å². The summed E-state index contributed by atoms with van der Waals surface area (Å²) in [6.07, 6.45) is 0.152. The van der Waals surface area contributed by atoms with Crippen molar-refractivity contribution in [3.05, 3.63) is 52.6 Å². The normalized spacial score (nSPS) is 18.6. The fourth-order valence-electron chi connectivity index (χ4n) is 4.98. The van der Waals surface area contributed by atoms with E-state index in [1.807, 2.05) is 0 Å². The lowest BCUT2D eigenvalue weighted by molar-refractivity contribution is -0.142. The van der Waals surface area contributed by atoms with E-state index in [0.717, 1.165) is 4.90 Å². The van der Waals surface area contributed by atoms with Crippen LogP contribution in [-0.2, 0) is 9.59 Å². The molecule has 0 bridgehead atoms. The molecule has 1 aliphatic rings. The number of rotatable bonds is 7. The number of carbonyl (C=O) groups excluding carboxylic acids is 3. The molecule has 0 spiro atoms. The lowest BCUT2D eigenvalue weighted by atomic mass is 9.81. The predicted molar refractivity (Wildman–Crippen MR) is 140 cm³/mol. The molecule has 2 unspecified atom stereocenters. The van der Waals surface area contributed by atoms with E-state index in [0.29, 0.717) is 11.1 Å². The number of hydrogen-bond acceptors (Lipinski definition) is 5. The van der Waals surface area contributed by atoms with Gasteiger partial charge in [0.05, 0.1) is 23.6 Å². The van der Waals surface area contributed by atoms with E-state index >= 15 is 8.78 Å². The summed E-state index contributed by atoms with van der Waals surface area (Å²) in [6.45, 7) is 8.47. The number of para-hydroxylation sites is 1. The number of amides is 3. The summed E-state index contributed by atoms with van der Waals surface area (Å²) in [4.78, 5) is 40.4. The van der Waals surface area contributed by atoms with Crippen LogP contribution in [0.2, 0.25) is 0 Å². The number of phenolic OH excluding ortho intramolecular Hbond substituents is 2. The van der Waals surface area contributed by atoms with Gasteiger partial charge in [0.2, 0.25) is 11.8 Å². The first-order chi connectivity index (χ1) is 17.7. The van der Waals surface area contributed by atoms with Crippen molar-refractivity contribution in [1.29, 1.82) is 0 Å². The summed E-state index contributed by atoms with van der Waals surface area (Å²) in [5.41, 5.74) is -0.413. The van der Waals surface area contributed by atoms with Crippen molar-refractivity contribution in [1.82, 2.24) is 10.2 Å². The molecule has 1 fully saturated rings. The monoisotopic (exact) mass is 531 g/mol. The molecule has 38 heavy (non-hydrogen) atoms. The maximum absolute atomic E-state index is 15.0. The molecule has 0 aromatic heterocycles. The number of hydrogen-bond donors (Lipinski definition) is 4. The molecule has 0 saturated carbocycles. The van der Waals surface area contributed by atoms with Gasteiger partial charge in [-0.3, -0.25) is 14.4 Å². The Kier molecular flexibility index (Phi) is 8.04. The van der Waals surface area contributed by atoms with E-state index in [-0.39, 0.29) is 41.3 Å². The second-order valence-electron chi connectivity index (χ2n) is 10.3. The molecule has 3 rings (SSSR count). The fraction of sp³-hybridized carbons (Fsp3) is 0.464. The van der Waals surface area contributed by atoms with Gasteiger partial charge in [-0.1, -0.05) is 32.9 Å². The summed E-state index contributed by atoms with van der Waals surface area (Å²) < 4.78 is 30.0. The van der Waals surface area contributed by atoms with Gasteiger partial charge < -0.3 is 25.7 Å². The van der Waals surface area contributed by atoms with Crippen LogP contribution >= 0.6 is 0 Å². The van der Waals surface area contributed by atoms with Gasteiger partial charge in [-0.2, -0.15) is 0 Å². The lowest BCUT2D eigenvalue weighted by Crippen LogP contribution is -2.53. The number of aryl methyl sites for hydroxylation is 1. The molecule has 8 nitrogen and oxygen atoms in total. The van der Waals surface area contributed by atoms with Gasteiger partial charge in [-0.25, -0.2) is 8.78 Å². The van der Waals surface area contributed by atoms with Crippen LogP contribution in [0.25, 0.3) is 0 Å². The van der Waals surface area contributed by atoms with Gasteiger partial charge in [0.15, 0.2) is 0 Å². The zero-order chi connectivity index (χ0) is 28.6. The number of likely N-dealkylation sites (N-methyl/N-ethyl adjacent to an activating group) is 1. The average Bonchev–Trinajstić information content (AvgIpc) is 3.02. The minimum atomic E-state index is -3.31. The number of nitrogens with zero attached hydrogens (tertiary/aromatic N) is 1. The van der Waals surface area contributed by atoms with E-state index in [1.165, 1.54) is 38.1 Å². The number of alkyl halides is 2. The van der Waals surface area contributed by atoms with Crippen LogP contribution in [0.1, 0.15) is 67.1 Å². The number of aromatic hydroxyl groups is 2. The van der Waals surface area contributed by atoms with Crippen LogP contribution in [0.15, 0.2) is 30.3 Å². The Bertz CT molecular complexity index is 1260. The highest BCUT2D eigenvalue weighted by atomic mass is 19.3. The van der Waals surface area contributed by atoms with E-state index in [1.54, 1.807) is 33.8 Å². The van der Waals surface area contributed by atoms with Gasteiger partial charge in [0, 0.05) is 23.2 Å². The zero-order valence-corrected chi connectivity index (χ0v) is 22.5. The maximum atomic E-state index is 15.0. The highest BCUT2D eigenvalue weighted by molar-refractivity contribution is 6.06. The summed E-state index contributed by atoms with van der Waals surface area (Å²) in [7, 11) is 0. The zero-order valence-electron chi connectivity index (χ0n) is 22.5. The van der Waals surface area contributed by atoms with Crippen molar-refractivity contribution in [3.8, 4) is 11.5 Å². The smallest absolute Gasteiger partial charge is 0.272 e. The van der Waals surface area contributed by atoms with E-state index < -0.39 is 47.6 Å². The Morgan fingerprint density at radius 2 is 1.79 bits per heavy atom. The number of benzene rings is 2. The molecule has 4 N–H and O–H groups in total. The van der Waals surface area contributed by atoms with Crippen molar-refractivity contribution in [2.75, 3.05) is 18.4 Å². The third kappa shape index (κ3) is 5.04. The van der Waals surface area contributed by atoms with Crippen LogP contribution < -0.4 is 10.6 Å². The largest absolute Gasteiger partial charge is 0.508 e. The Hall–Kier alpha value is -3.69. The number of anilines is 1. The van der Waals surface area contributed by atoms with Crippen LogP contribution in [0.4, 0.5) is 14.5 Å². The second kappa shape index (κ2) is 10.6. The molecular weight excluding hydrogens is 496 g/mol. The minimum absolute atomic E-state index is 0.0199. The molecule has 1 saturated heterocycles. The number of halogens is 2. The molecule has 1 heterocycles. The molecule has 3 amide bonds. The van der Waals surface area contributed by atoms with Crippen LogP contribution in [-0.4, -0.2) is 57.9 Å². The summed E-state index contributed by atoms with van der Waals surface area (Å²) >= 11 is 0. The Morgan fingerprint density at radius 1 is 1.13 bits per heavy atom. The van der Waals surface area contributed by atoms with E-state index in [4.69, 9.17) is 0 Å². The molecule has 0 aliphatic carbocycles. The first-order valence-corrected chi connectivity index (χ1v) is 12.6. The van der Waals surface area contributed by atoms with Crippen LogP contribution in [0.3, 0.4) is 0 Å². The topological polar surface area (TPSA) is 119 Å². The molecule has 2 atom stereocenters. The highest BCUT2D eigenvalue weighted by Crippen LogP contribution is 2.49. The molecular formula is C28H35F2N3O5. The first-order valence-electron chi connectivity index (χ1n) is 12.6. The van der Waals surface area contributed by atoms with Crippen molar-refractivity contribution in [2.24, 2.45) is 5.41 Å². The second-order valence-corrected chi connectivity index (χ2v) is 10.3. The Labute approximate surface area is 221 Å². The summed E-state index contributed by atoms with van der Waals surface area (Å²) in [6, 6.07) is 6.19. The summed E-state index contributed by atoms with van der Waals surface area (Å²) in [5, 5.41) is 26.3. The third-order valence-electron chi connectivity index (χ3n) is 7.36. The fourth-order valence-corrected chi connectivity index (χ4v) is 4.98. The van der Waals surface area contributed by atoms with Gasteiger partial charge in [0.25, 0.3) is 11.8 Å². The quantitative estimate of drug-likeness (QED) is 0.393. The van der Waals surface area contributed by atoms with Crippen LogP contribution in [0.5, 0.6) is 11.5 Å². The van der Waals surface area contributed by atoms with Gasteiger partial charge in [-0.05, 0) is 51.0 Å². The molecule has 206 valence electrons. The molecule has 1 aliphatic heterocycles. The lowest BCUT2D eigenvalue weighted by Gasteiger charge is -2.33.